The van der Waals surface area contributed by atoms with Crippen LogP contribution in [0.15, 0.2) is 12.1 Å². The van der Waals surface area contributed by atoms with Gasteiger partial charge in [-0.3, -0.25) is 0 Å². The van der Waals surface area contributed by atoms with Gasteiger partial charge in [0, 0.05) is 0 Å². The Morgan fingerprint density at radius 2 is 1.93 bits per heavy atom. The molecular weight excluding hydrogens is 186 g/mol. The summed E-state index contributed by atoms with van der Waals surface area (Å²) in [6.45, 7) is 2.84. The van der Waals surface area contributed by atoms with Crippen LogP contribution in [0.2, 0.25) is 0 Å². The van der Waals surface area contributed by atoms with Crippen molar-refractivity contribution in [3.8, 4) is 0 Å². The molecule has 2 N–H and O–H groups in total. The van der Waals surface area contributed by atoms with Crippen molar-refractivity contribution in [2.24, 2.45) is 5.90 Å². The van der Waals surface area contributed by atoms with Crippen LogP contribution in [0.1, 0.15) is 35.1 Å². The van der Waals surface area contributed by atoms with Crippen molar-refractivity contribution in [2.45, 2.75) is 39.0 Å². The molecule has 0 fully saturated rings. The molecule has 0 unspecified atom stereocenters. The average molecular weight is 205 g/mol. The zero-order valence-corrected chi connectivity index (χ0v) is 9.38. The minimum Gasteiger partial charge on any atom is -0.304 e. The highest BCUT2D eigenvalue weighted by Crippen LogP contribution is 2.27. The molecule has 82 valence electrons. The second kappa shape index (κ2) is 4.77. The second-order valence-corrected chi connectivity index (χ2v) is 4.33. The molecule has 1 aromatic rings. The minimum atomic E-state index is 0.621. The van der Waals surface area contributed by atoms with Gasteiger partial charge in [-0.15, -0.1) is 0 Å². The monoisotopic (exact) mass is 205 g/mol. The van der Waals surface area contributed by atoms with Gasteiger partial charge in [0.05, 0.1) is 6.61 Å². The topological polar surface area (TPSA) is 35.2 Å². The van der Waals surface area contributed by atoms with E-state index in [0.717, 1.165) is 6.42 Å². The number of fused-ring (bicyclic) bond motifs is 1. The summed E-state index contributed by atoms with van der Waals surface area (Å²) in [5.74, 6) is 5.08. The Morgan fingerprint density at radius 3 is 2.67 bits per heavy atom. The lowest BCUT2D eigenvalue weighted by Gasteiger charge is -2.21. The largest absolute Gasteiger partial charge is 0.304 e. The summed E-state index contributed by atoms with van der Waals surface area (Å²) in [6.07, 6.45) is 6.09. The fourth-order valence-corrected chi connectivity index (χ4v) is 2.52. The summed E-state index contributed by atoms with van der Waals surface area (Å²) >= 11 is 0. The molecule has 1 aromatic carbocycles. The first-order chi connectivity index (χ1) is 7.33. The molecule has 0 atom stereocenters. The van der Waals surface area contributed by atoms with Crippen LogP contribution in [0.4, 0.5) is 0 Å². The minimum absolute atomic E-state index is 0.621. The van der Waals surface area contributed by atoms with Gasteiger partial charge in [0.2, 0.25) is 0 Å². The lowest BCUT2D eigenvalue weighted by Crippen LogP contribution is -2.11. The molecule has 2 heteroatoms. The van der Waals surface area contributed by atoms with Gasteiger partial charge in [-0.05, 0) is 61.3 Å². The van der Waals surface area contributed by atoms with Gasteiger partial charge in [-0.2, -0.15) is 0 Å². The molecule has 15 heavy (non-hydrogen) atoms. The highest BCUT2D eigenvalue weighted by Gasteiger charge is 2.14. The molecule has 0 spiro atoms. The van der Waals surface area contributed by atoms with Crippen LogP contribution in [0.5, 0.6) is 0 Å². The van der Waals surface area contributed by atoms with Gasteiger partial charge in [-0.25, -0.2) is 5.90 Å². The molecule has 0 heterocycles. The Hall–Kier alpha value is -0.860. The zero-order chi connectivity index (χ0) is 10.7. The van der Waals surface area contributed by atoms with E-state index in [1.54, 1.807) is 11.1 Å². The van der Waals surface area contributed by atoms with Crippen molar-refractivity contribution >= 4 is 0 Å². The van der Waals surface area contributed by atoms with E-state index in [-0.39, 0.29) is 0 Å². The molecule has 0 bridgehead atoms. The van der Waals surface area contributed by atoms with Gasteiger partial charge in [0.1, 0.15) is 0 Å². The highest BCUT2D eigenvalue weighted by atomic mass is 16.6. The van der Waals surface area contributed by atoms with Gasteiger partial charge in [0.25, 0.3) is 0 Å². The summed E-state index contributed by atoms with van der Waals surface area (Å²) in [7, 11) is 0. The Balaban J connectivity index is 2.30. The summed E-state index contributed by atoms with van der Waals surface area (Å²) in [5.41, 5.74) is 6.02. The third-order valence-corrected chi connectivity index (χ3v) is 3.36. The fraction of sp³-hybridized carbons (Fsp3) is 0.538. The van der Waals surface area contributed by atoms with Crippen LogP contribution in [-0.4, -0.2) is 6.61 Å². The lowest BCUT2D eigenvalue weighted by atomic mass is 9.85. The van der Waals surface area contributed by atoms with E-state index in [2.05, 4.69) is 23.9 Å². The third kappa shape index (κ3) is 2.21. The Bertz CT molecular complexity index is 347. The van der Waals surface area contributed by atoms with Crippen molar-refractivity contribution in [1.82, 2.24) is 0 Å². The normalized spacial score (nSPS) is 15.1. The standard InChI is InChI=1S/C13H19NO/c1-10-6-7-11(8-9-15-14)13-5-3-2-4-12(10)13/h6-7H,2-5,8-9,14H2,1H3. The Kier molecular flexibility index (Phi) is 3.39. The van der Waals surface area contributed by atoms with E-state index >= 15 is 0 Å². The fourth-order valence-electron chi connectivity index (χ4n) is 2.52. The van der Waals surface area contributed by atoms with E-state index in [1.807, 2.05) is 0 Å². The number of nitrogens with two attached hydrogens (primary N) is 1. The van der Waals surface area contributed by atoms with Gasteiger partial charge in [-0.1, -0.05) is 12.1 Å². The van der Waals surface area contributed by atoms with Crippen LogP contribution < -0.4 is 5.90 Å². The predicted octanol–water partition coefficient (Wildman–Crippen LogP) is 2.31. The van der Waals surface area contributed by atoms with Crippen molar-refractivity contribution < 1.29 is 4.84 Å². The zero-order valence-electron chi connectivity index (χ0n) is 9.38. The average Bonchev–Trinajstić information content (AvgIpc) is 2.29. The van der Waals surface area contributed by atoms with Gasteiger partial charge in [0.15, 0.2) is 0 Å². The molecular formula is C13H19NO. The smallest absolute Gasteiger partial charge is 0.0719 e. The summed E-state index contributed by atoms with van der Waals surface area (Å²) in [4.78, 5) is 4.67. The first-order valence-corrected chi connectivity index (χ1v) is 5.75. The maximum atomic E-state index is 5.08. The van der Waals surface area contributed by atoms with Crippen molar-refractivity contribution in [1.29, 1.82) is 0 Å². The first kappa shape index (κ1) is 10.7. The molecule has 1 aliphatic carbocycles. The van der Waals surface area contributed by atoms with E-state index in [0.29, 0.717) is 6.61 Å². The summed E-state index contributed by atoms with van der Waals surface area (Å²) < 4.78 is 0. The number of hydrogen-bond acceptors (Lipinski definition) is 2. The summed E-state index contributed by atoms with van der Waals surface area (Å²) in [6, 6.07) is 4.47. The van der Waals surface area contributed by atoms with E-state index in [4.69, 9.17) is 5.90 Å². The lowest BCUT2D eigenvalue weighted by molar-refractivity contribution is 0.141. The van der Waals surface area contributed by atoms with Gasteiger partial charge < -0.3 is 4.84 Å². The number of hydrogen-bond donors (Lipinski definition) is 1. The van der Waals surface area contributed by atoms with Crippen LogP contribution in [0, 0.1) is 6.92 Å². The van der Waals surface area contributed by atoms with Crippen molar-refractivity contribution in [3.63, 3.8) is 0 Å². The molecule has 0 saturated heterocycles. The molecule has 1 aliphatic rings. The van der Waals surface area contributed by atoms with Gasteiger partial charge >= 0.3 is 0 Å². The van der Waals surface area contributed by atoms with Crippen molar-refractivity contribution in [2.75, 3.05) is 6.61 Å². The molecule has 0 aliphatic heterocycles. The maximum absolute atomic E-state index is 5.08. The molecule has 0 amide bonds. The predicted molar refractivity (Wildman–Crippen MR) is 61.7 cm³/mol. The van der Waals surface area contributed by atoms with E-state index < -0.39 is 0 Å². The Morgan fingerprint density at radius 1 is 1.20 bits per heavy atom. The molecule has 0 aromatic heterocycles. The molecule has 2 rings (SSSR count). The van der Waals surface area contributed by atoms with E-state index in [9.17, 15) is 0 Å². The maximum Gasteiger partial charge on any atom is 0.0719 e. The Labute approximate surface area is 91.4 Å². The molecule has 0 saturated carbocycles. The second-order valence-electron chi connectivity index (χ2n) is 4.33. The number of aryl methyl sites for hydroxylation is 1. The third-order valence-electron chi connectivity index (χ3n) is 3.36. The highest BCUT2D eigenvalue weighted by molar-refractivity contribution is 5.42. The SMILES string of the molecule is Cc1ccc(CCON)c2c1CCCC2. The number of benzene rings is 1. The quantitative estimate of drug-likeness (QED) is 0.768. The number of rotatable bonds is 3. The van der Waals surface area contributed by atoms with E-state index in [1.165, 1.54) is 36.8 Å². The van der Waals surface area contributed by atoms with Crippen LogP contribution in [0.25, 0.3) is 0 Å². The first-order valence-electron chi connectivity index (χ1n) is 5.75. The van der Waals surface area contributed by atoms with Crippen LogP contribution in [-0.2, 0) is 24.1 Å². The molecule has 0 radical (unpaired) electrons. The molecule has 2 nitrogen and oxygen atoms in total. The van der Waals surface area contributed by atoms with Crippen molar-refractivity contribution in [3.05, 3.63) is 34.4 Å². The van der Waals surface area contributed by atoms with Crippen LogP contribution >= 0.6 is 0 Å². The summed E-state index contributed by atoms with van der Waals surface area (Å²) in [5, 5.41) is 0. The van der Waals surface area contributed by atoms with Crippen LogP contribution in [0.3, 0.4) is 0 Å².